The van der Waals surface area contributed by atoms with E-state index in [2.05, 4.69) is 22.9 Å². The standard InChI is InChI=1S/C10H13BrO2/c1-3-4-7-5-9(12)10(13-2)6-8(7)11/h5-6,12H,3-4H2,1-2H3. The summed E-state index contributed by atoms with van der Waals surface area (Å²) >= 11 is 3.43. The molecule has 0 aliphatic rings. The second-order valence-electron chi connectivity index (χ2n) is 2.87. The van der Waals surface area contributed by atoms with E-state index >= 15 is 0 Å². The molecule has 1 N–H and O–H groups in total. The van der Waals surface area contributed by atoms with E-state index < -0.39 is 0 Å². The van der Waals surface area contributed by atoms with Crippen LogP contribution < -0.4 is 4.74 Å². The highest BCUT2D eigenvalue weighted by atomic mass is 79.9. The molecule has 0 radical (unpaired) electrons. The number of phenolic OH excluding ortho intramolecular Hbond substituents is 1. The highest BCUT2D eigenvalue weighted by molar-refractivity contribution is 9.10. The van der Waals surface area contributed by atoms with Crippen molar-refractivity contribution in [3.8, 4) is 11.5 Å². The summed E-state index contributed by atoms with van der Waals surface area (Å²) in [5.41, 5.74) is 1.11. The van der Waals surface area contributed by atoms with Crippen LogP contribution in [-0.4, -0.2) is 12.2 Å². The molecule has 0 aliphatic heterocycles. The maximum atomic E-state index is 9.50. The highest BCUT2D eigenvalue weighted by Crippen LogP contribution is 2.32. The largest absolute Gasteiger partial charge is 0.504 e. The van der Waals surface area contributed by atoms with Gasteiger partial charge in [0.05, 0.1) is 7.11 Å². The Morgan fingerprint density at radius 1 is 1.46 bits per heavy atom. The zero-order valence-corrected chi connectivity index (χ0v) is 9.39. The third-order valence-corrected chi connectivity index (χ3v) is 2.61. The lowest BCUT2D eigenvalue weighted by Crippen LogP contribution is -1.89. The molecule has 2 nitrogen and oxygen atoms in total. The fourth-order valence-corrected chi connectivity index (χ4v) is 1.73. The predicted octanol–water partition coefficient (Wildman–Crippen LogP) is 3.12. The van der Waals surface area contributed by atoms with E-state index in [1.807, 2.05) is 0 Å². The summed E-state index contributed by atoms with van der Waals surface area (Å²) in [6, 6.07) is 3.53. The van der Waals surface area contributed by atoms with Crippen molar-refractivity contribution >= 4 is 15.9 Å². The van der Waals surface area contributed by atoms with Gasteiger partial charge in [-0.05, 0) is 24.1 Å². The second kappa shape index (κ2) is 4.51. The van der Waals surface area contributed by atoms with Gasteiger partial charge in [0.1, 0.15) is 0 Å². The third-order valence-electron chi connectivity index (χ3n) is 1.87. The summed E-state index contributed by atoms with van der Waals surface area (Å²) in [6.07, 6.45) is 2.02. The number of rotatable bonds is 3. The van der Waals surface area contributed by atoms with E-state index in [-0.39, 0.29) is 5.75 Å². The van der Waals surface area contributed by atoms with Crippen LogP contribution in [0.1, 0.15) is 18.9 Å². The summed E-state index contributed by atoms with van der Waals surface area (Å²) in [6.45, 7) is 2.10. The van der Waals surface area contributed by atoms with Crippen molar-refractivity contribution in [2.45, 2.75) is 19.8 Å². The Bertz CT molecular complexity index is 297. The lowest BCUT2D eigenvalue weighted by molar-refractivity contribution is 0.372. The van der Waals surface area contributed by atoms with Gasteiger partial charge in [0.25, 0.3) is 0 Å². The number of aryl methyl sites for hydroxylation is 1. The average Bonchev–Trinajstić information content (AvgIpc) is 2.11. The highest BCUT2D eigenvalue weighted by Gasteiger charge is 2.06. The van der Waals surface area contributed by atoms with Crippen LogP contribution in [0.2, 0.25) is 0 Å². The topological polar surface area (TPSA) is 29.5 Å². The average molecular weight is 245 g/mol. The van der Waals surface area contributed by atoms with Crippen LogP contribution in [0.5, 0.6) is 11.5 Å². The first kappa shape index (κ1) is 10.4. The van der Waals surface area contributed by atoms with Crippen molar-refractivity contribution in [1.29, 1.82) is 0 Å². The molecule has 1 aromatic rings. The summed E-state index contributed by atoms with van der Waals surface area (Å²) in [7, 11) is 1.54. The number of aromatic hydroxyl groups is 1. The first-order chi connectivity index (χ1) is 6.19. The predicted molar refractivity (Wildman–Crippen MR) is 56.4 cm³/mol. The molecule has 1 aromatic carbocycles. The number of hydrogen-bond acceptors (Lipinski definition) is 2. The quantitative estimate of drug-likeness (QED) is 0.886. The molecule has 0 heterocycles. The van der Waals surface area contributed by atoms with Crippen LogP contribution in [0.3, 0.4) is 0 Å². The smallest absolute Gasteiger partial charge is 0.161 e. The van der Waals surface area contributed by atoms with Gasteiger partial charge in [0.15, 0.2) is 11.5 Å². The molecule has 0 fully saturated rings. The Morgan fingerprint density at radius 3 is 2.69 bits per heavy atom. The van der Waals surface area contributed by atoms with Gasteiger partial charge >= 0.3 is 0 Å². The van der Waals surface area contributed by atoms with Crippen molar-refractivity contribution in [2.24, 2.45) is 0 Å². The maximum Gasteiger partial charge on any atom is 0.161 e. The van der Waals surface area contributed by atoms with E-state index in [0.717, 1.165) is 22.9 Å². The summed E-state index contributed by atoms with van der Waals surface area (Å²) in [5, 5.41) is 9.50. The van der Waals surface area contributed by atoms with Gasteiger partial charge in [-0.1, -0.05) is 29.3 Å². The van der Waals surface area contributed by atoms with Crippen LogP contribution >= 0.6 is 15.9 Å². The normalized spacial score (nSPS) is 10.1. The molecule has 72 valence electrons. The fraction of sp³-hybridized carbons (Fsp3) is 0.400. The van der Waals surface area contributed by atoms with Crippen molar-refractivity contribution in [3.63, 3.8) is 0 Å². The second-order valence-corrected chi connectivity index (χ2v) is 3.72. The molecule has 0 saturated carbocycles. The molecule has 0 saturated heterocycles. The SMILES string of the molecule is CCCc1cc(O)c(OC)cc1Br. The van der Waals surface area contributed by atoms with E-state index in [9.17, 15) is 5.11 Å². The molecule has 0 aliphatic carbocycles. The van der Waals surface area contributed by atoms with Gasteiger partial charge in [-0.25, -0.2) is 0 Å². The summed E-state index contributed by atoms with van der Waals surface area (Å²) in [5.74, 6) is 0.709. The number of benzene rings is 1. The van der Waals surface area contributed by atoms with E-state index in [4.69, 9.17) is 4.74 Å². The Labute approximate surface area is 86.7 Å². The van der Waals surface area contributed by atoms with Gasteiger partial charge in [-0.3, -0.25) is 0 Å². The van der Waals surface area contributed by atoms with Gasteiger partial charge in [-0.15, -0.1) is 0 Å². The number of methoxy groups -OCH3 is 1. The minimum atomic E-state index is 0.203. The van der Waals surface area contributed by atoms with Gasteiger partial charge in [0.2, 0.25) is 0 Å². The van der Waals surface area contributed by atoms with Gasteiger partial charge in [0, 0.05) is 4.47 Å². The molecule has 13 heavy (non-hydrogen) atoms. The molecular weight excluding hydrogens is 232 g/mol. The monoisotopic (exact) mass is 244 g/mol. The Morgan fingerprint density at radius 2 is 2.15 bits per heavy atom. The fourth-order valence-electron chi connectivity index (χ4n) is 1.21. The number of ether oxygens (including phenoxy) is 1. The van der Waals surface area contributed by atoms with Gasteiger partial charge < -0.3 is 9.84 Å². The Kier molecular flexibility index (Phi) is 3.60. The lowest BCUT2D eigenvalue weighted by atomic mass is 10.1. The van der Waals surface area contributed by atoms with Crippen LogP contribution in [-0.2, 0) is 6.42 Å². The molecule has 0 aromatic heterocycles. The van der Waals surface area contributed by atoms with E-state index in [1.54, 1.807) is 19.2 Å². The van der Waals surface area contributed by atoms with Crippen molar-refractivity contribution in [2.75, 3.05) is 7.11 Å². The third kappa shape index (κ3) is 2.37. The minimum Gasteiger partial charge on any atom is -0.504 e. The molecule has 0 spiro atoms. The molecule has 1 rings (SSSR count). The van der Waals surface area contributed by atoms with Crippen molar-refractivity contribution < 1.29 is 9.84 Å². The molecule has 0 bridgehead atoms. The number of phenols is 1. The first-order valence-electron chi connectivity index (χ1n) is 4.24. The Hall–Kier alpha value is -0.700. The Balaban J connectivity index is 3.05. The first-order valence-corrected chi connectivity index (χ1v) is 5.03. The van der Waals surface area contributed by atoms with Crippen molar-refractivity contribution in [3.05, 3.63) is 22.2 Å². The van der Waals surface area contributed by atoms with Crippen LogP contribution in [0.15, 0.2) is 16.6 Å². The van der Waals surface area contributed by atoms with Crippen LogP contribution in [0.4, 0.5) is 0 Å². The molecule has 0 amide bonds. The number of halogens is 1. The maximum absolute atomic E-state index is 9.50. The zero-order chi connectivity index (χ0) is 9.84. The van der Waals surface area contributed by atoms with Crippen molar-refractivity contribution in [1.82, 2.24) is 0 Å². The summed E-state index contributed by atoms with van der Waals surface area (Å²) < 4.78 is 5.97. The van der Waals surface area contributed by atoms with E-state index in [0.29, 0.717) is 5.75 Å². The molecule has 0 unspecified atom stereocenters. The van der Waals surface area contributed by atoms with Gasteiger partial charge in [-0.2, -0.15) is 0 Å². The zero-order valence-electron chi connectivity index (χ0n) is 7.80. The lowest BCUT2D eigenvalue weighted by Gasteiger charge is -2.07. The van der Waals surface area contributed by atoms with Crippen LogP contribution in [0.25, 0.3) is 0 Å². The molecular formula is C10H13BrO2. The summed E-state index contributed by atoms with van der Waals surface area (Å²) in [4.78, 5) is 0. The van der Waals surface area contributed by atoms with E-state index in [1.165, 1.54) is 0 Å². The number of hydrogen-bond donors (Lipinski definition) is 1. The minimum absolute atomic E-state index is 0.203. The molecule has 3 heteroatoms. The van der Waals surface area contributed by atoms with Crippen LogP contribution in [0, 0.1) is 0 Å². The molecule has 0 atom stereocenters.